The van der Waals surface area contributed by atoms with Gasteiger partial charge in [-0.3, -0.25) is 9.59 Å². The van der Waals surface area contributed by atoms with Crippen LogP contribution in [0.2, 0.25) is 0 Å². The summed E-state index contributed by atoms with van der Waals surface area (Å²) in [5.74, 6) is -2.62. The van der Waals surface area contributed by atoms with Crippen LogP contribution < -0.4 is 10.6 Å². The number of rotatable bonds is 3. The number of fused-ring (bicyclic) bond motifs is 1. The van der Waals surface area contributed by atoms with Crippen LogP contribution in [-0.4, -0.2) is 18.9 Å². The molecule has 2 amide bonds. The third-order valence-corrected chi connectivity index (χ3v) is 6.53. The summed E-state index contributed by atoms with van der Waals surface area (Å²) in [6.07, 6.45) is 2.50. The standard InChI is InChI=1S/C21H24F2N2O2S/c1-21(2,3)11-8-9-12-15(10-11)28-20(16(12)18(26)24-4)25-19(27)17-13(22)6-5-7-14(17)23/h5-7,11H,8-10H2,1-4H3,(H,24,26)(H,25,27). The summed E-state index contributed by atoms with van der Waals surface area (Å²) >= 11 is 1.32. The third-order valence-electron chi connectivity index (χ3n) is 5.36. The second-order valence-electron chi connectivity index (χ2n) is 8.14. The molecule has 7 heteroatoms. The van der Waals surface area contributed by atoms with Gasteiger partial charge in [0.15, 0.2) is 0 Å². The number of halogens is 2. The molecule has 2 N–H and O–H groups in total. The molecule has 1 aliphatic rings. The van der Waals surface area contributed by atoms with Gasteiger partial charge in [0.1, 0.15) is 22.2 Å². The number of carbonyl (C=O) groups is 2. The van der Waals surface area contributed by atoms with Gasteiger partial charge in [0.2, 0.25) is 0 Å². The number of hydrogen-bond acceptors (Lipinski definition) is 3. The molecular formula is C21H24F2N2O2S. The van der Waals surface area contributed by atoms with Crippen LogP contribution in [0.5, 0.6) is 0 Å². The van der Waals surface area contributed by atoms with Gasteiger partial charge in [0, 0.05) is 11.9 Å². The smallest absolute Gasteiger partial charge is 0.262 e. The molecule has 0 bridgehead atoms. The second-order valence-corrected chi connectivity index (χ2v) is 9.25. The van der Waals surface area contributed by atoms with Crippen molar-refractivity contribution >= 4 is 28.2 Å². The maximum absolute atomic E-state index is 14.0. The average Bonchev–Trinajstić information content (AvgIpc) is 2.97. The summed E-state index contributed by atoms with van der Waals surface area (Å²) in [5.41, 5.74) is 0.813. The lowest BCUT2D eigenvalue weighted by Crippen LogP contribution is -2.27. The topological polar surface area (TPSA) is 58.2 Å². The van der Waals surface area contributed by atoms with Crippen molar-refractivity contribution in [1.82, 2.24) is 5.32 Å². The molecule has 0 spiro atoms. The molecule has 1 heterocycles. The summed E-state index contributed by atoms with van der Waals surface area (Å²) in [4.78, 5) is 26.1. The van der Waals surface area contributed by atoms with Crippen LogP contribution in [0.15, 0.2) is 18.2 Å². The SMILES string of the molecule is CNC(=O)c1c(NC(=O)c2c(F)cccc2F)sc2c1CCC(C(C)(C)C)C2. The summed E-state index contributed by atoms with van der Waals surface area (Å²) in [7, 11) is 1.52. The summed E-state index contributed by atoms with van der Waals surface area (Å²) in [6.45, 7) is 6.58. The summed E-state index contributed by atoms with van der Waals surface area (Å²) in [5, 5.41) is 5.52. The average molecular weight is 406 g/mol. The van der Waals surface area contributed by atoms with Gasteiger partial charge in [-0.15, -0.1) is 11.3 Å². The van der Waals surface area contributed by atoms with E-state index in [9.17, 15) is 18.4 Å². The zero-order valence-corrected chi connectivity index (χ0v) is 17.2. The predicted molar refractivity (Wildman–Crippen MR) is 107 cm³/mol. The lowest BCUT2D eigenvalue weighted by atomic mass is 9.72. The molecule has 0 saturated carbocycles. The van der Waals surface area contributed by atoms with Crippen molar-refractivity contribution in [2.75, 3.05) is 12.4 Å². The van der Waals surface area contributed by atoms with Crippen molar-refractivity contribution in [2.45, 2.75) is 40.0 Å². The maximum Gasteiger partial charge on any atom is 0.262 e. The molecule has 1 atom stereocenters. The van der Waals surface area contributed by atoms with Crippen LogP contribution in [-0.2, 0) is 12.8 Å². The van der Waals surface area contributed by atoms with Crippen LogP contribution >= 0.6 is 11.3 Å². The summed E-state index contributed by atoms with van der Waals surface area (Å²) < 4.78 is 27.9. The Morgan fingerprint density at radius 2 is 1.75 bits per heavy atom. The lowest BCUT2D eigenvalue weighted by Gasteiger charge is -2.33. The minimum absolute atomic E-state index is 0.133. The first-order valence-corrected chi connectivity index (χ1v) is 10.1. The van der Waals surface area contributed by atoms with Crippen LogP contribution in [0.4, 0.5) is 13.8 Å². The first kappa shape index (κ1) is 20.5. The minimum atomic E-state index is -0.937. The van der Waals surface area contributed by atoms with E-state index in [2.05, 4.69) is 31.4 Å². The van der Waals surface area contributed by atoms with Gasteiger partial charge in [-0.05, 0) is 48.3 Å². The molecule has 0 fully saturated rings. The molecule has 4 nitrogen and oxygen atoms in total. The quantitative estimate of drug-likeness (QED) is 0.770. The zero-order valence-electron chi connectivity index (χ0n) is 16.4. The molecule has 1 aliphatic carbocycles. The van der Waals surface area contributed by atoms with Crippen LogP contribution in [0, 0.1) is 23.0 Å². The molecule has 0 aliphatic heterocycles. The van der Waals surface area contributed by atoms with Gasteiger partial charge >= 0.3 is 0 Å². The lowest BCUT2D eigenvalue weighted by molar-refractivity contribution is 0.0962. The van der Waals surface area contributed by atoms with Crippen LogP contribution in [0.25, 0.3) is 0 Å². The first-order chi connectivity index (χ1) is 13.1. The van der Waals surface area contributed by atoms with Crippen molar-refractivity contribution in [3.63, 3.8) is 0 Å². The van der Waals surface area contributed by atoms with Crippen LogP contribution in [0.3, 0.4) is 0 Å². The molecule has 1 aromatic heterocycles. The number of amides is 2. The number of anilines is 1. The van der Waals surface area contributed by atoms with E-state index < -0.39 is 23.1 Å². The number of thiophene rings is 1. The number of benzene rings is 1. The fraction of sp³-hybridized carbons (Fsp3) is 0.429. The van der Waals surface area contributed by atoms with Crippen LogP contribution in [0.1, 0.15) is 58.3 Å². The van der Waals surface area contributed by atoms with E-state index >= 15 is 0 Å². The Morgan fingerprint density at radius 1 is 1.11 bits per heavy atom. The minimum Gasteiger partial charge on any atom is -0.355 e. The molecule has 3 rings (SSSR count). The van der Waals surface area contributed by atoms with Gasteiger partial charge in [0.25, 0.3) is 11.8 Å². The fourth-order valence-electron chi connectivity index (χ4n) is 3.66. The molecule has 0 radical (unpaired) electrons. The monoisotopic (exact) mass is 406 g/mol. The zero-order chi connectivity index (χ0) is 20.6. The Labute approximate surface area is 167 Å². The normalized spacial score (nSPS) is 16.4. The molecule has 2 aromatic rings. The largest absolute Gasteiger partial charge is 0.355 e. The first-order valence-electron chi connectivity index (χ1n) is 9.25. The van der Waals surface area contributed by atoms with Crippen molar-refractivity contribution < 1.29 is 18.4 Å². The van der Waals surface area contributed by atoms with Crippen molar-refractivity contribution in [2.24, 2.45) is 11.3 Å². The fourth-order valence-corrected chi connectivity index (χ4v) is 4.98. The van der Waals surface area contributed by atoms with Gasteiger partial charge in [-0.25, -0.2) is 8.78 Å². The highest BCUT2D eigenvalue weighted by atomic mass is 32.1. The van der Waals surface area contributed by atoms with Gasteiger partial charge < -0.3 is 10.6 Å². The highest BCUT2D eigenvalue weighted by Crippen LogP contribution is 2.44. The van der Waals surface area contributed by atoms with Crippen molar-refractivity contribution in [3.05, 3.63) is 51.4 Å². The molecule has 150 valence electrons. The molecule has 1 aromatic carbocycles. The van der Waals surface area contributed by atoms with E-state index in [0.29, 0.717) is 16.5 Å². The number of nitrogens with one attached hydrogen (secondary N) is 2. The Kier molecular flexibility index (Phi) is 5.57. The maximum atomic E-state index is 14.0. The Bertz CT molecular complexity index is 911. The Morgan fingerprint density at radius 3 is 2.32 bits per heavy atom. The van der Waals surface area contributed by atoms with E-state index in [1.807, 2.05) is 0 Å². The third kappa shape index (κ3) is 3.81. The van der Waals surface area contributed by atoms with E-state index in [4.69, 9.17) is 0 Å². The van der Waals surface area contributed by atoms with Gasteiger partial charge in [-0.1, -0.05) is 26.8 Å². The van der Waals surface area contributed by atoms with E-state index in [0.717, 1.165) is 41.8 Å². The molecule has 0 saturated heterocycles. The molecule has 1 unspecified atom stereocenters. The predicted octanol–water partition coefficient (Wildman–Crippen LogP) is 4.79. The Hall–Kier alpha value is -2.28. The molecule has 28 heavy (non-hydrogen) atoms. The van der Waals surface area contributed by atoms with E-state index in [1.54, 1.807) is 0 Å². The number of carbonyl (C=O) groups excluding carboxylic acids is 2. The second kappa shape index (κ2) is 7.62. The highest BCUT2D eigenvalue weighted by Gasteiger charge is 2.34. The van der Waals surface area contributed by atoms with E-state index in [1.165, 1.54) is 24.5 Å². The highest BCUT2D eigenvalue weighted by molar-refractivity contribution is 7.17. The number of hydrogen-bond donors (Lipinski definition) is 2. The van der Waals surface area contributed by atoms with E-state index in [-0.39, 0.29) is 11.3 Å². The Balaban J connectivity index is 1.99. The molecular weight excluding hydrogens is 382 g/mol. The summed E-state index contributed by atoms with van der Waals surface area (Å²) in [6, 6.07) is 3.27. The van der Waals surface area contributed by atoms with Gasteiger partial charge in [-0.2, -0.15) is 0 Å². The van der Waals surface area contributed by atoms with Crippen molar-refractivity contribution in [3.8, 4) is 0 Å². The van der Waals surface area contributed by atoms with Gasteiger partial charge in [0.05, 0.1) is 5.56 Å². The van der Waals surface area contributed by atoms with Crippen molar-refractivity contribution in [1.29, 1.82) is 0 Å².